The third kappa shape index (κ3) is 3.13. The minimum absolute atomic E-state index is 0.00950. The highest BCUT2D eigenvalue weighted by molar-refractivity contribution is 5.97. The molecular formula is C20H19NO4. The minimum Gasteiger partial charge on any atom is -0.504 e. The first-order chi connectivity index (χ1) is 11.9. The van der Waals surface area contributed by atoms with Crippen LogP contribution in [0.15, 0.2) is 36.5 Å². The number of pyridine rings is 1. The summed E-state index contributed by atoms with van der Waals surface area (Å²) < 4.78 is 11.2. The molecule has 0 saturated heterocycles. The van der Waals surface area contributed by atoms with Gasteiger partial charge in [-0.15, -0.1) is 0 Å². The molecule has 0 aliphatic heterocycles. The van der Waals surface area contributed by atoms with Gasteiger partial charge in [0.05, 0.1) is 18.2 Å². The molecule has 2 aromatic carbocycles. The molecule has 1 heterocycles. The number of carbonyl (C=O) groups is 1. The summed E-state index contributed by atoms with van der Waals surface area (Å²) in [6, 6.07) is 8.60. The quantitative estimate of drug-likeness (QED) is 0.707. The van der Waals surface area contributed by atoms with Crippen LogP contribution in [0.4, 0.5) is 0 Å². The monoisotopic (exact) mass is 337 g/mol. The number of ketones is 1. The molecular weight excluding hydrogens is 318 g/mol. The van der Waals surface area contributed by atoms with E-state index in [-0.39, 0.29) is 11.5 Å². The van der Waals surface area contributed by atoms with Gasteiger partial charge in [0.2, 0.25) is 0 Å². The van der Waals surface area contributed by atoms with Gasteiger partial charge in [0.15, 0.2) is 17.3 Å². The van der Waals surface area contributed by atoms with Crippen molar-refractivity contribution in [3.63, 3.8) is 0 Å². The normalized spacial score (nSPS) is 10.7. The van der Waals surface area contributed by atoms with E-state index in [2.05, 4.69) is 4.98 Å². The standard InChI is InChI=1S/C20H19NO4/c1-11-7-14(13(3)22)19(8-12(11)2)25-18-5-6-21-16-10-17(23)20(24-4)9-15(16)18/h5-10,23H,1-4H3. The van der Waals surface area contributed by atoms with Crippen molar-refractivity contribution in [3.8, 4) is 23.0 Å². The van der Waals surface area contributed by atoms with E-state index in [1.54, 1.807) is 18.3 Å². The fourth-order valence-corrected chi connectivity index (χ4v) is 2.66. The number of fused-ring (bicyclic) bond motifs is 1. The molecule has 0 aliphatic rings. The molecule has 0 saturated carbocycles. The summed E-state index contributed by atoms with van der Waals surface area (Å²) in [7, 11) is 1.48. The fourth-order valence-electron chi connectivity index (χ4n) is 2.66. The van der Waals surface area contributed by atoms with Gasteiger partial charge in [0.25, 0.3) is 0 Å². The van der Waals surface area contributed by atoms with Gasteiger partial charge < -0.3 is 14.6 Å². The molecule has 0 bridgehead atoms. The summed E-state index contributed by atoms with van der Waals surface area (Å²) in [6.07, 6.45) is 1.60. The molecule has 1 N–H and O–H groups in total. The van der Waals surface area contributed by atoms with Crippen LogP contribution in [0.1, 0.15) is 28.4 Å². The van der Waals surface area contributed by atoms with Crippen LogP contribution in [-0.4, -0.2) is 23.0 Å². The van der Waals surface area contributed by atoms with E-state index < -0.39 is 0 Å². The van der Waals surface area contributed by atoms with E-state index >= 15 is 0 Å². The number of rotatable bonds is 4. The number of ether oxygens (including phenoxy) is 2. The molecule has 5 heteroatoms. The second-order valence-corrected chi connectivity index (χ2v) is 5.94. The van der Waals surface area contributed by atoms with Crippen LogP contribution in [0.3, 0.4) is 0 Å². The molecule has 0 spiro atoms. The molecule has 25 heavy (non-hydrogen) atoms. The van der Waals surface area contributed by atoms with E-state index in [1.807, 2.05) is 26.0 Å². The van der Waals surface area contributed by atoms with Crippen LogP contribution in [0.25, 0.3) is 10.9 Å². The lowest BCUT2D eigenvalue weighted by atomic mass is 10.0. The van der Waals surface area contributed by atoms with Crippen molar-refractivity contribution in [2.75, 3.05) is 7.11 Å². The number of carbonyl (C=O) groups excluding carboxylic acids is 1. The number of Topliss-reactive ketones (excluding diaryl/α,β-unsaturated/α-hetero) is 1. The van der Waals surface area contributed by atoms with Gasteiger partial charge in [-0.2, -0.15) is 0 Å². The lowest BCUT2D eigenvalue weighted by Crippen LogP contribution is -2.00. The highest BCUT2D eigenvalue weighted by Crippen LogP contribution is 2.37. The number of hydrogen-bond acceptors (Lipinski definition) is 5. The average Bonchev–Trinajstić information content (AvgIpc) is 2.57. The van der Waals surface area contributed by atoms with E-state index in [4.69, 9.17) is 9.47 Å². The van der Waals surface area contributed by atoms with Gasteiger partial charge in [-0.05, 0) is 56.2 Å². The summed E-state index contributed by atoms with van der Waals surface area (Å²) in [5, 5.41) is 10.6. The first-order valence-electron chi connectivity index (χ1n) is 7.86. The van der Waals surface area contributed by atoms with Crippen molar-refractivity contribution in [1.29, 1.82) is 0 Å². The largest absolute Gasteiger partial charge is 0.504 e. The molecule has 0 radical (unpaired) electrons. The number of benzene rings is 2. The number of nitrogens with zero attached hydrogens (tertiary/aromatic N) is 1. The lowest BCUT2D eigenvalue weighted by molar-refractivity contribution is 0.101. The van der Waals surface area contributed by atoms with Crippen molar-refractivity contribution in [2.24, 2.45) is 0 Å². The molecule has 1 aromatic heterocycles. The van der Waals surface area contributed by atoms with Crippen LogP contribution in [0.5, 0.6) is 23.0 Å². The summed E-state index contributed by atoms with van der Waals surface area (Å²) in [4.78, 5) is 16.2. The summed E-state index contributed by atoms with van der Waals surface area (Å²) in [5.74, 6) is 1.31. The van der Waals surface area contributed by atoms with Crippen LogP contribution in [0.2, 0.25) is 0 Å². The van der Waals surface area contributed by atoms with Gasteiger partial charge in [0, 0.05) is 17.6 Å². The maximum atomic E-state index is 12.0. The van der Waals surface area contributed by atoms with Gasteiger partial charge in [-0.25, -0.2) is 0 Å². The van der Waals surface area contributed by atoms with E-state index in [1.165, 1.54) is 20.1 Å². The molecule has 0 fully saturated rings. The number of hydrogen-bond donors (Lipinski definition) is 1. The Labute approximate surface area is 145 Å². The predicted molar refractivity (Wildman–Crippen MR) is 96.0 cm³/mol. The maximum absolute atomic E-state index is 12.0. The van der Waals surface area contributed by atoms with E-state index in [0.717, 1.165) is 11.1 Å². The molecule has 0 amide bonds. The topological polar surface area (TPSA) is 68.7 Å². The number of phenolic OH excluding ortho intramolecular Hbond substituents is 1. The maximum Gasteiger partial charge on any atom is 0.163 e. The fraction of sp³-hybridized carbons (Fsp3) is 0.200. The van der Waals surface area contributed by atoms with Crippen molar-refractivity contribution in [3.05, 3.63) is 53.2 Å². The van der Waals surface area contributed by atoms with Crippen LogP contribution in [0, 0.1) is 13.8 Å². The first-order valence-corrected chi connectivity index (χ1v) is 7.86. The van der Waals surface area contributed by atoms with Crippen molar-refractivity contribution >= 4 is 16.7 Å². The predicted octanol–water partition coefficient (Wildman–Crippen LogP) is 4.56. The molecule has 3 aromatic rings. The number of aryl methyl sites for hydroxylation is 2. The second kappa shape index (κ2) is 6.43. The zero-order valence-corrected chi connectivity index (χ0v) is 14.6. The van der Waals surface area contributed by atoms with Crippen LogP contribution < -0.4 is 9.47 Å². The molecule has 5 nitrogen and oxygen atoms in total. The van der Waals surface area contributed by atoms with Crippen molar-refractivity contribution < 1.29 is 19.4 Å². The van der Waals surface area contributed by atoms with Gasteiger partial charge >= 0.3 is 0 Å². The van der Waals surface area contributed by atoms with Crippen LogP contribution >= 0.6 is 0 Å². The Bertz CT molecular complexity index is 979. The lowest BCUT2D eigenvalue weighted by Gasteiger charge is -2.14. The second-order valence-electron chi connectivity index (χ2n) is 5.94. The summed E-state index contributed by atoms with van der Waals surface area (Å²) >= 11 is 0. The Morgan fingerprint density at radius 2 is 1.76 bits per heavy atom. The number of methoxy groups -OCH3 is 1. The molecule has 0 unspecified atom stereocenters. The van der Waals surface area contributed by atoms with Gasteiger partial charge in [-0.1, -0.05) is 0 Å². The van der Waals surface area contributed by atoms with Gasteiger partial charge in [-0.3, -0.25) is 9.78 Å². The Morgan fingerprint density at radius 1 is 1.04 bits per heavy atom. The third-order valence-electron chi connectivity index (χ3n) is 4.20. The van der Waals surface area contributed by atoms with E-state index in [9.17, 15) is 9.90 Å². The molecule has 3 rings (SSSR count). The highest BCUT2D eigenvalue weighted by Gasteiger charge is 2.15. The first kappa shape index (κ1) is 16.8. The summed E-state index contributed by atoms with van der Waals surface area (Å²) in [6.45, 7) is 5.45. The molecule has 0 aliphatic carbocycles. The van der Waals surface area contributed by atoms with Gasteiger partial charge in [0.1, 0.15) is 11.5 Å². The Balaban J connectivity index is 2.16. The zero-order valence-electron chi connectivity index (χ0n) is 14.6. The van der Waals surface area contributed by atoms with Crippen LogP contribution in [-0.2, 0) is 0 Å². The number of phenols is 1. The highest BCUT2D eigenvalue weighted by atomic mass is 16.5. The average molecular weight is 337 g/mol. The smallest absolute Gasteiger partial charge is 0.163 e. The Morgan fingerprint density at radius 3 is 2.44 bits per heavy atom. The Hall–Kier alpha value is -3.08. The molecule has 0 atom stereocenters. The Kier molecular flexibility index (Phi) is 4.31. The SMILES string of the molecule is COc1cc2c(Oc3cc(C)c(C)cc3C(C)=O)ccnc2cc1O. The minimum atomic E-state index is -0.0633. The van der Waals surface area contributed by atoms with E-state index in [0.29, 0.717) is 33.7 Å². The van der Waals surface area contributed by atoms with Crippen molar-refractivity contribution in [2.45, 2.75) is 20.8 Å². The third-order valence-corrected chi connectivity index (χ3v) is 4.20. The summed E-state index contributed by atoms with van der Waals surface area (Å²) in [5.41, 5.74) is 3.17. The molecule has 128 valence electrons. The number of aromatic hydroxyl groups is 1. The zero-order chi connectivity index (χ0) is 18.1. The van der Waals surface area contributed by atoms with Crippen molar-refractivity contribution in [1.82, 2.24) is 4.98 Å². The number of aromatic nitrogens is 1.